The zero-order valence-corrected chi connectivity index (χ0v) is 16.8. The van der Waals surface area contributed by atoms with Crippen LogP contribution < -0.4 is 20.1 Å². The second kappa shape index (κ2) is 7.52. The van der Waals surface area contributed by atoms with Crippen LogP contribution in [0.25, 0.3) is 0 Å². The monoisotopic (exact) mass is 412 g/mol. The Morgan fingerprint density at radius 2 is 1.90 bits per heavy atom. The van der Waals surface area contributed by atoms with Crippen molar-refractivity contribution < 1.29 is 23.9 Å². The molecule has 2 fully saturated rings. The fraction of sp³-hybridized carbons (Fsp3) is 0.524. The number of fused-ring (bicyclic) bond motifs is 1. The molecule has 0 aromatic heterocycles. The van der Waals surface area contributed by atoms with Crippen LogP contribution in [0, 0.1) is 11.3 Å². The third kappa shape index (κ3) is 3.43. The molecule has 9 nitrogen and oxygen atoms in total. The summed E-state index contributed by atoms with van der Waals surface area (Å²) in [4.78, 5) is 39.1. The van der Waals surface area contributed by atoms with Gasteiger partial charge in [-0.1, -0.05) is 6.07 Å². The van der Waals surface area contributed by atoms with Gasteiger partial charge in [-0.25, -0.2) is 4.79 Å². The first kappa shape index (κ1) is 20.0. The van der Waals surface area contributed by atoms with E-state index < -0.39 is 35.5 Å². The SMILES string of the molecule is CC1(c2ccc3c(c2)OCCCO3)NC(=O)N(CC(=O)NC2(C#N)CCCC2)C1=O. The van der Waals surface area contributed by atoms with Crippen molar-refractivity contribution in [3.8, 4) is 17.6 Å². The smallest absolute Gasteiger partial charge is 0.325 e. The first-order valence-corrected chi connectivity index (χ1v) is 10.1. The second-order valence-electron chi connectivity index (χ2n) is 8.11. The highest BCUT2D eigenvalue weighted by molar-refractivity contribution is 6.09. The van der Waals surface area contributed by atoms with E-state index in [1.807, 2.05) is 0 Å². The van der Waals surface area contributed by atoms with E-state index in [-0.39, 0.29) is 0 Å². The predicted octanol–water partition coefficient (Wildman–Crippen LogP) is 1.57. The van der Waals surface area contributed by atoms with E-state index in [9.17, 15) is 19.6 Å². The Morgan fingerprint density at radius 3 is 2.60 bits per heavy atom. The topological polar surface area (TPSA) is 121 Å². The molecule has 1 aliphatic carbocycles. The van der Waals surface area contributed by atoms with Crippen LogP contribution in [0.3, 0.4) is 0 Å². The zero-order valence-electron chi connectivity index (χ0n) is 16.8. The lowest BCUT2D eigenvalue weighted by atomic mass is 9.91. The van der Waals surface area contributed by atoms with Gasteiger partial charge in [0.25, 0.3) is 5.91 Å². The summed E-state index contributed by atoms with van der Waals surface area (Å²) in [5, 5.41) is 14.8. The summed E-state index contributed by atoms with van der Waals surface area (Å²) in [5.41, 5.74) is -1.70. The summed E-state index contributed by atoms with van der Waals surface area (Å²) in [6.45, 7) is 2.21. The number of amides is 4. The van der Waals surface area contributed by atoms with Gasteiger partial charge in [0.05, 0.1) is 19.3 Å². The maximum atomic E-state index is 13.1. The van der Waals surface area contributed by atoms with Crippen molar-refractivity contribution in [3.63, 3.8) is 0 Å². The molecule has 3 aliphatic rings. The van der Waals surface area contributed by atoms with Crippen molar-refractivity contribution in [2.24, 2.45) is 0 Å². The summed E-state index contributed by atoms with van der Waals surface area (Å²) in [5.74, 6) is 0.0484. The molecule has 2 N–H and O–H groups in total. The summed E-state index contributed by atoms with van der Waals surface area (Å²) in [7, 11) is 0. The Bertz CT molecular complexity index is 934. The molecule has 1 aromatic carbocycles. The van der Waals surface area contributed by atoms with Gasteiger partial charge in [-0.2, -0.15) is 5.26 Å². The fourth-order valence-corrected chi connectivity index (χ4v) is 4.20. The largest absolute Gasteiger partial charge is 0.490 e. The number of nitrogens with zero attached hydrogens (tertiary/aromatic N) is 2. The molecule has 2 aliphatic heterocycles. The Morgan fingerprint density at radius 1 is 1.20 bits per heavy atom. The highest BCUT2D eigenvalue weighted by Crippen LogP contribution is 2.36. The average molecular weight is 412 g/mol. The van der Waals surface area contributed by atoms with E-state index in [4.69, 9.17) is 9.47 Å². The van der Waals surface area contributed by atoms with Gasteiger partial charge in [0.1, 0.15) is 17.6 Å². The number of nitriles is 1. The van der Waals surface area contributed by atoms with E-state index in [2.05, 4.69) is 16.7 Å². The molecular formula is C21H24N4O5. The van der Waals surface area contributed by atoms with Crippen molar-refractivity contribution in [2.45, 2.75) is 50.1 Å². The van der Waals surface area contributed by atoms with E-state index in [1.165, 1.54) is 0 Å². The fourth-order valence-electron chi connectivity index (χ4n) is 4.20. The molecule has 1 saturated carbocycles. The van der Waals surface area contributed by atoms with Crippen LogP contribution in [0.4, 0.5) is 4.79 Å². The number of urea groups is 1. The maximum absolute atomic E-state index is 13.1. The molecule has 1 unspecified atom stereocenters. The Labute approximate surface area is 174 Å². The molecule has 1 atom stereocenters. The zero-order chi connectivity index (χ0) is 21.4. The summed E-state index contributed by atoms with van der Waals surface area (Å²) in [6, 6.07) is 6.63. The van der Waals surface area contributed by atoms with Gasteiger partial charge in [0.2, 0.25) is 5.91 Å². The quantitative estimate of drug-likeness (QED) is 0.724. The minimum Gasteiger partial charge on any atom is -0.490 e. The van der Waals surface area contributed by atoms with Gasteiger partial charge in [0.15, 0.2) is 11.5 Å². The van der Waals surface area contributed by atoms with Crippen molar-refractivity contribution in [1.82, 2.24) is 15.5 Å². The van der Waals surface area contributed by atoms with Crippen LogP contribution in [-0.2, 0) is 15.1 Å². The minimum absolute atomic E-state index is 0.436. The first-order chi connectivity index (χ1) is 14.4. The number of rotatable bonds is 4. The van der Waals surface area contributed by atoms with Crippen LogP contribution >= 0.6 is 0 Å². The lowest BCUT2D eigenvalue weighted by molar-refractivity contribution is -0.135. The van der Waals surface area contributed by atoms with Gasteiger partial charge in [-0.05, 0) is 50.3 Å². The van der Waals surface area contributed by atoms with Crippen LogP contribution in [0.1, 0.15) is 44.6 Å². The number of hydrogen-bond acceptors (Lipinski definition) is 6. The second-order valence-corrected chi connectivity index (χ2v) is 8.11. The van der Waals surface area contributed by atoms with Gasteiger partial charge < -0.3 is 20.1 Å². The molecule has 0 bridgehead atoms. The number of ether oxygens (including phenoxy) is 2. The standard InChI is InChI=1S/C21H24N4O5/c1-20(14-5-6-15-16(11-14)30-10-4-9-29-15)18(27)25(19(28)24-20)12-17(26)23-21(13-22)7-2-3-8-21/h5-6,11H,2-4,7-10,12H2,1H3,(H,23,26)(H,24,28). The number of imide groups is 1. The van der Waals surface area contributed by atoms with Crippen molar-refractivity contribution in [3.05, 3.63) is 23.8 Å². The molecule has 1 aromatic rings. The Hall–Kier alpha value is -3.28. The number of carbonyl (C=O) groups excluding carboxylic acids is 3. The number of hydrogen-bond donors (Lipinski definition) is 2. The minimum atomic E-state index is -1.33. The van der Waals surface area contributed by atoms with Crippen LogP contribution in [-0.4, -0.2) is 48.0 Å². The summed E-state index contributed by atoms with van der Waals surface area (Å²) >= 11 is 0. The van der Waals surface area contributed by atoms with Crippen LogP contribution in [0.2, 0.25) is 0 Å². The molecule has 1 saturated heterocycles. The third-order valence-electron chi connectivity index (χ3n) is 5.95. The highest BCUT2D eigenvalue weighted by atomic mass is 16.5. The van der Waals surface area contributed by atoms with E-state index in [0.29, 0.717) is 43.1 Å². The van der Waals surface area contributed by atoms with Gasteiger partial charge in [-0.15, -0.1) is 0 Å². The predicted molar refractivity (Wildman–Crippen MR) is 105 cm³/mol. The number of carbonyl (C=O) groups is 3. The maximum Gasteiger partial charge on any atom is 0.325 e. The molecule has 30 heavy (non-hydrogen) atoms. The molecule has 0 spiro atoms. The van der Waals surface area contributed by atoms with Gasteiger partial charge in [-0.3, -0.25) is 14.5 Å². The Balaban J connectivity index is 1.51. The van der Waals surface area contributed by atoms with Crippen molar-refractivity contribution >= 4 is 17.8 Å². The van der Waals surface area contributed by atoms with Gasteiger partial charge in [0, 0.05) is 6.42 Å². The molecule has 0 radical (unpaired) electrons. The number of nitrogens with one attached hydrogen (secondary N) is 2. The normalized spacial score (nSPS) is 24.7. The molecule has 4 rings (SSSR count). The lowest BCUT2D eigenvalue weighted by Crippen LogP contribution is -2.50. The van der Waals surface area contributed by atoms with E-state index in [0.717, 1.165) is 24.2 Å². The van der Waals surface area contributed by atoms with Crippen LogP contribution in [0.15, 0.2) is 18.2 Å². The van der Waals surface area contributed by atoms with E-state index >= 15 is 0 Å². The average Bonchev–Trinajstić information content (AvgIpc) is 3.17. The molecule has 2 heterocycles. The molecule has 9 heteroatoms. The highest BCUT2D eigenvalue weighted by Gasteiger charge is 2.50. The van der Waals surface area contributed by atoms with Crippen LogP contribution in [0.5, 0.6) is 11.5 Å². The number of benzene rings is 1. The first-order valence-electron chi connectivity index (χ1n) is 10.1. The third-order valence-corrected chi connectivity index (χ3v) is 5.95. The summed E-state index contributed by atoms with van der Waals surface area (Å²) < 4.78 is 11.3. The lowest BCUT2D eigenvalue weighted by Gasteiger charge is -2.25. The molecule has 158 valence electrons. The van der Waals surface area contributed by atoms with Crippen molar-refractivity contribution in [1.29, 1.82) is 5.26 Å². The van der Waals surface area contributed by atoms with Crippen molar-refractivity contribution in [2.75, 3.05) is 19.8 Å². The molecular weight excluding hydrogens is 388 g/mol. The van der Waals surface area contributed by atoms with E-state index in [1.54, 1.807) is 25.1 Å². The molecule has 4 amide bonds. The summed E-state index contributed by atoms with van der Waals surface area (Å²) in [6.07, 6.45) is 3.62. The Kier molecular flexibility index (Phi) is 5.02. The van der Waals surface area contributed by atoms with Gasteiger partial charge >= 0.3 is 6.03 Å².